The third-order valence-electron chi connectivity index (χ3n) is 7.40. The van der Waals surface area contributed by atoms with Gasteiger partial charge < -0.3 is 4.74 Å². The van der Waals surface area contributed by atoms with Gasteiger partial charge in [-0.3, -0.25) is 18.7 Å². The number of benzene rings is 3. The van der Waals surface area contributed by atoms with Gasteiger partial charge in [0.25, 0.3) is 5.56 Å². The number of Topliss-reactive ketones (excluding diaryl/α,β-unsaturated/α-hetero) is 1. The predicted molar refractivity (Wildman–Crippen MR) is 155 cm³/mol. The maximum atomic E-state index is 15.5. The van der Waals surface area contributed by atoms with E-state index in [1.165, 1.54) is 35.1 Å². The zero-order valence-corrected chi connectivity index (χ0v) is 23.2. The number of halogens is 2. The van der Waals surface area contributed by atoms with Gasteiger partial charge in [-0.05, 0) is 60.2 Å². The molecule has 210 valence electrons. The second-order valence-electron chi connectivity index (χ2n) is 10.1. The molecule has 1 saturated carbocycles. The standard InChI is InChI=1S/C32H23F2N3O4S/c1-41-28-13-22(33)10-11-24(28)27(38)17-36-30(39)25-14-29(18-6-7-18)42-31(25)37(32(36)40)16-21-9-8-19(12-26(21)34)23-5-3-2-4-20(23)15-35/h2-5,8-14,18H,6-7,16-17H2,1H3. The van der Waals surface area contributed by atoms with Crippen molar-refractivity contribution in [3.63, 3.8) is 0 Å². The molecule has 2 heterocycles. The van der Waals surface area contributed by atoms with Crippen molar-refractivity contribution in [2.24, 2.45) is 0 Å². The Kier molecular flexibility index (Phi) is 7.04. The van der Waals surface area contributed by atoms with Gasteiger partial charge in [0.1, 0.15) is 22.2 Å². The van der Waals surface area contributed by atoms with Crippen LogP contribution in [0.15, 0.2) is 76.3 Å². The van der Waals surface area contributed by atoms with Gasteiger partial charge >= 0.3 is 5.69 Å². The molecule has 1 fully saturated rings. The molecule has 0 unspecified atom stereocenters. The van der Waals surface area contributed by atoms with E-state index in [-0.39, 0.29) is 28.8 Å². The molecule has 0 aliphatic heterocycles. The Labute approximate surface area is 242 Å². The van der Waals surface area contributed by atoms with E-state index >= 15 is 4.39 Å². The Hall–Kier alpha value is -4.88. The predicted octanol–water partition coefficient (Wildman–Crippen LogP) is 5.86. The van der Waals surface area contributed by atoms with Crippen LogP contribution in [0.2, 0.25) is 0 Å². The Morgan fingerprint density at radius 2 is 1.83 bits per heavy atom. The van der Waals surface area contributed by atoms with Crippen molar-refractivity contribution in [2.45, 2.75) is 31.8 Å². The molecule has 1 aliphatic rings. The molecule has 42 heavy (non-hydrogen) atoms. The fourth-order valence-electron chi connectivity index (χ4n) is 5.04. The molecule has 0 amide bonds. The fourth-order valence-corrected chi connectivity index (χ4v) is 6.35. The van der Waals surface area contributed by atoms with Crippen LogP contribution in [0.5, 0.6) is 5.75 Å². The summed E-state index contributed by atoms with van der Waals surface area (Å²) in [6.45, 7) is -0.781. The monoisotopic (exact) mass is 583 g/mol. The van der Waals surface area contributed by atoms with Crippen LogP contribution < -0.4 is 16.0 Å². The zero-order chi connectivity index (χ0) is 29.5. The van der Waals surface area contributed by atoms with Crippen LogP contribution in [-0.4, -0.2) is 22.0 Å². The van der Waals surface area contributed by atoms with Crippen LogP contribution in [0.4, 0.5) is 8.78 Å². The maximum absolute atomic E-state index is 15.5. The Bertz CT molecular complexity index is 2050. The number of thiophene rings is 1. The highest BCUT2D eigenvalue weighted by Gasteiger charge is 2.28. The number of nitriles is 1. The first-order valence-electron chi connectivity index (χ1n) is 13.2. The van der Waals surface area contributed by atoms with Crippen molar-refractivity contribution in [2.75, 3.05) is 7.11 Å². The van der Waals surface area contributed by atoms with Crippen LogP contribution in [0.3, 0.4) is 0 Å². The number of ketones is 1. The van der Waals surface area contributed by atoms with E-state index in [1.807, 2.05) is 0 Å². The summed E-state index contributed by atoms with van der Waals surface area (Å²) in [7, 11) is 1.29. The lowest BCUT2D eigenvalue weighted by Gasteiger charge is -2.14. The van der Waals surface area contributed by atoms with Gasteiger partial charge in [0.15, 0.2) is 5.78 Å². The van der Waals surface area contributed by atoms with Crippen molar-refractivity contribution in [1.29, 1.82) is 5.26 Å². The van der Waals surface area contributed by atoms with Gasteiger partial charge in [0.05, 0.1) is 42.8 Å². The molecular formula is C32H23F2N3O4S. The van der Waals surface area contributed by atoms with Crippen LogP contribution in [-0.2, 0) is 13.1 Å². The van der Waals surface area contributed by atoms with Gasteiger partial charge in [0.2, 0.25) is 0 Å². The topological polar surface area (TPSA) is 94.1 Å². The first kappa shape index (κ1) is 27.3. The SMILES string of the molecule is COc1cc(F)ccc1C(=O)Cn1c(=O)c2cc(C3CC3)sc2n(Cc2ccc(-c3ccccc3C#N)cc2F)c1=O. The number of nitrogens with zero attached hydrogens (tertiary/aromatic N) is 3. The van der Waals surface area contributed by atoms with Gasteiger partial charge in [0, 0.05) is 16.5 Å². The number of ether oxygens (including phenoxy) is 1. The van der Waals surface area contributed by atoms with Crippen molar-refractivity contribution < 1.29 is 18.3 Å². The average Bonchev–Trinajstić information content (AvgIpc) is 3.76. The fraction of sp³-hybridized carbons (Fsp3) is 0.188. The van der Waals surface area contributed by atoms with Gasteiger partial charge in [-0.25, -0.2) is 13.6 Å². The Morgan fingerprint density at radius 3 is 2.55 bits per heavy atom. The summed E-state index contributed by atoms with van der Waals surface area (Å²) >= 11 is 1.33. The van der Waals surface area contributed by atoms with Gasteiger partial charge in [-0.2, -0.15) is 5.26 Å². The largest absolute Gasteiger partial charge is 0.496 e. The molecule has 2 aromatic heterocycles. The van der Waals surface area contributed by atoms with E-state index in [0.717, 1.165) is 34.4 Å². The van der Waals surface area contributed by atoms with Gasteiger partial charge in [-0.1, -0.05) is 30.3 Å². The number of fused-ring (bicyclic) bond motifs is 1. The summed E-state index contributed by atoms with van der Waals surface area (Å²) in [5.41, 5.74) is 0.359. The van der Waals surface area contributed by atoms with Crippen molar-refractivity contribution in [3.8, 4) is 22.9 Å². The second kappa shape index (κ2) is 10.8. The lowest BCUT2D eigenvalue weighted by Crippen LogP contribution is -2.41. The highest BCUT2D eigenvalue weighted by molar-refractivity contribution is 7.18. The molecule has 5 aromatic rings. The summed E-state index contributed by atoms with van der Waals surface area (Å²) in [5, 5.41) is 9.72. The lowest BCUT2D eigenvalue weighted by molar-refractivity contribution is 0.0965. The van der Waals surface area contributed by atoms with E-state index in [0.29, 0.717) is 27.4 Å². The van der Waals surface area contributed by atoms with Crippen molar-refractivity contribution in [1.82, 2.24) is 9.13 Å². The first-order chi connectivity index (χ1) is 20.3. The third-order valence-corrected chi connectivity index (χ3v) is 8.72. The van der Waals surface area contributed by atoms with Crippen LogP contribution in [0.25, 0.3) is 21.3 Å². The smallest absolute Gasteiger partial charge is 0.332 e. The molecular weight excluding hydrogens is 560 g/mol. The number of hydrogen-bond acceptors (Lipinski definition) is 6. The van der Waals surface area contributed by atoms with Crippen LogP contribution in [0.1, 0.15) is 45.1 Å². The van der Waals surface area contributed by atoms with E-state index in [1.54, 1.807) is 42.5 Å². The lowest BCUT2D eigenvalue weighted by atomic mass is 9.99. The average molecular weight is 584 g/mol. The number of aromatic nitrogens is 2. The third kappa shape index (κ3) is 4.92. The van der Waals surface area contributed by atoms with Crippen LogP contribution in [0, 0.1) is 23.0 Å². The Balaban J connectivity index is 1.44. The summed E-state index contributed by atoms with van der Waals surface area (Å²) < 4.78 is 36.5. The second-order valence-corrected chi connectivity index (χ2v) is 11.2. The minimum absolute atomic E-state index is 0.0128. The van der Waals surface area contributed by atoms with E-state index < -0.39 is 35.2 Å². The van der Waals surface area contributed by atoms with E-state index in [2.05, 4.69) is 6.07 Å². The van der Waals surface area contributed by atoms with Crippen molar-refractivity contribution >= 4 is 27.3 Å². The maximum Gasteiger partial charge on any atom is 0.332 e. The minimum Gasteiger partial charge on any atom is -0.496 e. The molecule has 0 bridgehead atoms. The number of carbonyl (C=O) groups excluding carboxylic acids is 1. The molecule has 0 saturated heterocycles. The molecule has 0 atom stereocenters. The molecule has 7 nitrogen and oxygen atoms in total. The number of hydrogen-bond donors (Lipinski definition) is 0. The van der Waals surface area contributed by atoms with E-state index in [9.17, 15) is 24.0 Å². The quantitative estimate of drug-likeness (QED) is 0.213. The molecule has 10 heteroatoms. The zero-order valence-electron chi connectivity index (χ0n) is 22.4. The summed E-state index contributed by atoms with van der Waals surface area (Å²) in [6, 6.07) is 18.7. The van der Waals surface area contributed by atoms with Crippen LogP contribution >= 0.6 is 11.3 Å². The summed E-state index contributed by atoms with van der Waals surface area (Å²) in [4.78, 5) is 41.9. The molecule has 6 rings (SSSR count). The molecule has 0 spiro atoms. The minimum atomic E-state index is -0.760. The molecule has 0 N–H and O–H groups in total. The normalized spacial score (nSPS) is 12.8. The molecule has 0 radical (unpaired) electrons. The first-order valence-corrected chi connectivity index (χ1v) is 14.0. The highest BCUT2D eigenvalue weighted by atomic mass is 32.1. The number of carbonyl (C=O) groups is 1. The molecule has 3 aromatic carbocycles. The van der Waals surface area contributed by atoms with Gasteiger partial charge in [-0.15, -0.1) is 11.3 Å². The highest BCUT2D eigenvalue weighted by Crippen LogP contribution is 2.44. The summed E-state index contributed by atoms with van der Waals surface area (Å²) in [6.07, 6.45) is 1.96. The van der Waals surface area contributed by atoms with Crippen molar-refractivity contribution in [3.05, 3.63) is 121 Å². The van der Waals surface area contributed by atoms with E-state index in [4.69, 9.17) is 4.74 Å². The number of methoxy groups -OCH3 is 1. The Morgan fingerprint density at radius 1 is 1.05 bits per heavy atom. The molecule has 1 aliphatic carbocycles. The summed E-state index contributed by atoms with van der Waals surface area (Å²) in [5.74, 6) is -1.49. The number of rotatable bonds is 8.